The van der Waals surface area contributed by atoms with Gasteiger partial charge in [0.15, 0.2) is 5.76 Å². The molecule has 0 unspecified atom stereocenters. The number of fused-ring (bicyclic) bond motifs is 1. The lowest BCUT2D eigenvalue weighted by Gasteiger charge is -2.02. The molecule has 0 amide bonds. The van der Waals surface area contributed by atoms with E-state index < -0.39 is 0 Å². The Labute approximate surface area is 125 Å². The molecule has 0 saturated carbocycles. The Bertz CT molecular complexity index is 982. The summed E-state index contributed by atoms with van der Waals surface area (Å²) in [5, 5.41) is 4.03. The molecule has 1 aromatic carbocycles. The second-order valence-electron chi connectivity index (χ2n) is 4.94. The zero-order valence-electron chi connectivity index (χ0n) is 11.6. The fraction of sp³-hybridized carbons (Fsp3) is 0.0625. The Morgan fingerprint density at radius 2 is 1.95 bits per heavy atom. The number of aromatic nitrogens is 4. The predicted octanol–water partition coefficient (Wildman–Crippen LogP) is 2.20. The van der Waals surface area contributed by atoms with Crippen molar-refractivity contribution in [1.29, 1.82) is 0 Å². The molecule has 3 aromatic heterocycles. The quantitative estimate of drug-likeness (QED) is 0.580. The van der Waals surface area contributed by atoms with E-state index in [-0.39, 0.29) is 5.56 Å². The molecule has 108 valence electrons. The lowest BCUT2D eigenvalue weighted by molar-refractivity contribution is 0.421. The molecule has 0 aliphatic carbocycles. The fourth-order valence-electron chi connectivity index (χ4n) is 2.37. The van der Waals surface area contributed by atoms with E-state index in [1.807, 2.05) is 36.4 Å². The maximum atomic E-state index is 12.3. The van der Waals surface area contributed by atoms with Gasteiger partial charge in [-0.2, -0.15) is 0 Å². The highest BCUT2D eigenvalue weighted by Crippen LogP contribution is 2.19. The van der Waals surface area contributed by atoms with Gasteiger partial charge >= 0.3 is 0 Å². The molecule has 0 N–H and O–H groups in total. The highest BCUT2D eigenvalue weighted by atomic mass is 16.5. The Hall–Kier alpha value is -3.15. The third-order valence-electron chi connectivity index (χ3n) is 3.48. The van der Waals surface area contributed by atoms with Crippen LogP contribution in [0.1, 0.15) is 5.69 Å². The van der Waals surface area contributed by atoms with Crippen LogP contribution in [-0.2, 0) is 6.54 Å². The van der Waals surface area contributed by atoms with Crippen molar-refractivity contribution in [3.8, 4) is 11.3 Å². The van der Waals surface area contributed by atoms with Crippen LogP contribution in [0.3, 0.4) is 0 Å². The van der Waals surface area contributed by atoms with Crippen molar-refractivity contribution >= 4 is 5.65 Å². The van der Waals surface area contributed by atoms with Gasteiger partial charge in [-0.25, -0.2) is 4.98 Å². The summed E-state index contributed by atoms with van der Waals surface area (Å²) in [7, 11) is 0. The molecule has 0 atom stereocenters. The van der Waals surface area contributed by atoms with E-state index in [1.54, 1.807) is 33.8 Å². The van der Waals surface area contributed by atoms with Gasteiger partial charge in [0, 0.05) is 36.4 Å². The molecule has 0 fully saturated rings. The van der Waals surface area contributed by atoms with Crippen LogP contribution < -0.4 is 5.56 Å². The van der Waals surface area contributed by atoms with Gasteiger partial charge in [0.1, 0.15) is 5.69 Å². The lowest BCUT2D eigenvalue weighted by Crippen LogP contribution is -2.22. The normalized spacial score (nSPS) is 11.1. The van der Waals surface area contributed by atoms with Crippen molar-refractivity contribution in [3.05, 3.63) is 77.2 Å². The summed E-state index contributed by atoms with van der Waals surface area (Å²) in [6.45, 7) is 0.346. The molecule has 4 rings (SSSR count). The molecule has 22 heavy (non-hydrogen) atoms. The minimum Gasteiger partial charge on any atom is -0.356 e. The second kappa shape index (κ2) is 5.00. The molecular formula is C16H12N4O2. The van der Waals surface area contributed by atoms with Gasteiger partial charge in [0.25, 0.3) is 5.56 Å². The predicted molar refractivity (Wildman–Crippen MR) is 80.5 cm³/mol. The fourth-order valence-corrected chi connectivity index (χ4v) is 2.37. The van der Waals surface area contributed by atoms with E-state index in [2.05, 4.69) is 10.1 Å². The van der Waals surface area contributed by atoms with Crippen LogP contribution in [0.15, 0.2) is 70.5 Å². The van der Waals surface area contributed by atoms with Gasteiger partial charge in [-0.3, -0.25) is 4.79 Å². The van der Waals surface area contributed by atoms with Crippen LogP contribution in [0.4, 0.5) is 0 Å². The Kier molecular flexibility index (Phi) is 2.86. The highest BCUT2D eigenvalue weighted by Gasteiger charge is 2.09. The van der Waals surface area contributed by atoms with Gasteiger partial charge in [-0.15, -0.1) is 0 Å². The summed E-state index contributed by atoms with van der Waals surface area (Å²) in [5.74, 6) is 0.686. The highest BCUT2D eigenvalue weighted by molar-refractivity contribution is 5.56. The number of imidazole rings is 1. The number of hydrogen-bond acceptors (Lipinski definition) is 4. The number of hydrogen-bond donors (Lipinski definition) is 0. The van der Waals surface area contributed by atoms with Crippen molar-refractivity contribution in [2.24, 2.45) is 0 Å². The molecule has 0 bridgehead atoms. The topological polar surface area (TPSA) is 65.3 Å². The van der Waals surface area contributed by atoms with Crippen molar-refractivity contribution in [2.45, 2.75) is 6.54 Å². The Morgan fingerprint density at radius 1 is 1.09 bits per heavy atom. The molecular weight excluding hydrogens is 280 g/mol. The minimum absolute atomic E-state index is 0.156. The molecule has 6 heteroatoms. The summed E-state index contributed by atoms with van der Waals surface area (Å²) in [6.07, 6.45) is 6.85. The third kappa shape index (κ3) is 2.10. The van der Waals surface area contributed by atoms with Crippen molar-refractivity contribution in [2.75, 3.05) is 0 Å². The van der Waals surface area contributed by atoms with Crippen LogP contribution in [0.5, 0.6) is 0 Å². The van der Waals surface area contributed by atoms with Crippen LogP contribution in [-0.4, -0.2) is 19.1 Å². The first-order chi connectivity index (χ1) is 10.8. The van der Waals surface area contributed by atoms with E-state index in [9.17, 15) is 4.79 Å². The maximum absolute atomic E-state index is 12.3. The van der Waals surface area contributed by atoms with Crippen LogP contribution in [0, 0.1) is 0 Å². The third-order valence-corrected chi connectivity index (χ3v) is 3.48. The standard InChI is InChI=1S/C16H12N4O2/c21-16-15-17-6-7-19(15)8-9-20(16)11-13-10-14(22-18-13)12-4-2-1-3-5-12/h1-10H,11H2. The van der Waals surface area contributed by atoms with Gasteiger partial charge in [-0.05, 0) is 0 Å². The van der Waals surface area contributed by atoms with Crippen molar-refractivity contribution in [1.82, 2.24) is 19.1 Å². The molecule has 3 heterocycles. The molecule has 0 spiro atoms. The summed E-state index contributed by atoms with van der Waals surface area (Å²) in [4.78, 5) is 16.4. The minimum atomic E-state index is -0.156. The monoisotopic (exact) mass is 292 g/mol. The first-order valence-electron chi connectivity index (χ1n) is 6.84. The van der Waals surface area contributed by atoms with E-state index in [4.69, 9.17) is 4.52 Å². The lowest BCUT2D eigenvalue weighted by atomic mass is 10.2. The molecule has 0 saturated heterocycles. The molecule has 0 aliphatic rings. The van der Waals surface area contributed by atoms with Crippen LogP contribution in [0.2, 0.25) is 0 Å². The Balaban J connectivity index is 1.67. The maximum Gasteiger partial charge on any atom is 0.294 e. The number of benzene rings is 1. The van der Waals surface area contributed by atoms with E-state index >= 15 is 0 Å². The first-order valence-corrected chi connectivity index (χ1v) is 6.84. The first kappa shape index (κ1) is 12.6. The van der Waals surface area contributed by atoms with E-state index in [0.717, 1.165) is 5.56 Å². The second-order valence-corrected chi connectivity index (χ2v) is 4.94. The summed E-state index contributed by atoms with van der Waals surface area (Å²) in [6, 6.07) is 11.6. The molecule has 0 aliphatic heterocycles. The SMILES string of the molecule is O=c1c2nccn2ccn1Cc1cc(-c2ccccc2)on1. The zero-order valence-corrected chi connectivity index (χ0v) is 11.6. The van der Waals surface area contributed by atoms with Gasteiger partial charge in [0.2, 0.25) is 5.65 Å². The largest absolute Gasteiger partial charge is 0.356 e. The average Bonchev–Trinajstić information content (AvgIpc) is 3.20. The summed E-state index contributed by atoms with van der Waals surface area (Å²) < 4.78 is 8.60. The molecule has 6 nitrogen and oxygen atoms in total. The Morgan fingerprint density at radius 3 is 2.82 bits per heavy atom. The van der Waals surface area contributed by atoms with E-state index in [0.29, 0.717) is 23.6 Å². The van der Waals surface area contributed by atoms with Gasteiger partial charge in [-0.1, -0.05) is 35.5 Å². The van der Waals surface area contributed by atoms with Crippen molar-refractivity contribution in [3.63, 3.8) is 0 Å². The van der Waals surface area contributed by atoms with Crippen LogP contribution in [0.25, 0.3) is 17.0 Å². The van der Waals surface area contributed by atoms with Gasteiger partial charge < -0.3 is 13.5 Å². The zero-order chi connectivity index (χ0) is 14.9. The molecule has 0 radical (unpaired) electrons. The summed E-state index contributed by atoms with van der Waals surface area (Å²) in [5.41, 5.74) is 1.89. The number of nitrogens with zero attached hydrogens (tertiary/aromatic N) is 4. The van der Waals surface area contributed by atoms with Crippen molar-refractivity contribution < 1.29 is 4.52 Å². The number of rotatable bonds is 3. The smallest absolute Gasteiger partial charge is 0.294 e. The van der Waals surface area contributed by atoms with Gasteiger partial charge in [0.05, 0.1) is 6.54 Å². The van der Waals surface area contributed by atoms with E-state index in [1.165, 1.54) is 0 Å². The summed E-state index contributed by atoms with van der Waals surface area (Å²) >= 11 is 0. The van der Waals surface area contributed by atoms with Crippen LogP contribution >= 0.6 is 0 Å². The average molecular weight is 292 g/mol. The molecule has 4 aromatic rings.